The molecule has 0 spiro atoms. The fourth-order valence-electron chi connectivity index (χ4n) is 1.11. The van der Waals surface area contributed by atoms with Crippen molar-refractivity contribution in [2.75, 3.05) is 13.2 Å². The molecule has 9 nitrogen and oxygen atoms in total. The molecule has 0 unspecified atom stereocenters. The fraction of sp³-hybridized carbons (Fsp3) is 0.429. The Morgan fingerprint density at radius 1 is 1.44 bits per heavy atom. The summed E-state index contributed by atoms with van der Waals surface area (Å²) in [5.74, 6) is 0. The van der Waals surface area contributed by atoms with Crippen LogP contribution in [-0.2, 0) is 0 Å². The molecule has 9 heteroatoms. The summed E-state index contributed by atoms with van der Waals surface area (Å²) in [4.78, 5) is 33.4. The summed E-state index contributed by atoms with van der Waals surface area (Å²) in [6.07, 6.45) is 0.693. The largest absolute Gasteiger partial charge is 0.394 e. The normalized spacial score (nSPS) is 10.7. The van der Waals surface area contributed by atoms with Gasteiger partial charge in [-0.2, -0.15) is 0 Å². The van der Waals surface area contributed by atoms with Gasteiger partial charge in [-0.15, -0.1) is 0 Å². The first-order valence-corrected chi connectivity index (χ1v) is 4.22. The van der Waals surface area contributed by atoms with Gasteiger partial charge < -0.3 is 10.2 Å². The van der Waals surface area contributed by atoms with Crippen LogP contribution < -0.4 is 11.2 Å². The molecule has 16 heavy (non-hydrogen) atoms. The van der Waals surface area contributed by atoms with Crippen LogP contribution in [0, 0.1) is 10.1 Å². The van der Waals surface area contributed by atoms with Gasteiger partial charge in [0.15, 0.2) is 0 Å². The zero-order chi connectivity index (χ0) is 12.3. The molecule has 1 rings (SSSR count). The fourth-order valence-corrected chi connectivity index (χ4v) is 1.11. The highest BCUT2D eigenvalue weighted by Gasteiger charge is 2.18. The van der Waals surface area contributed by atoms with E-state index in [2.05, 4.69) is 0 Å². The lowest BCUT2D eigenvalue weighted by Crippen LogP contribution is -2.35. The minimum atomic E-state index is -1.12. The zero-order valence-corrected chi connectivity index (χ0v) is 7.99. The molecule has 0 radical (unpaired) electrons. The Labute approximate surface area is 87.7 Å². The molecule has 1 heterocycles. The number of rotatable bonds is 4. The number of nitrogens with one attached hydrogen (secondary N) is 1. The van der Waals surface area contributed by atoms with Gasteiger partial charge in [-0.25, -0.2) is 4.79 Å². The van der Waals surface area contributed by atoms with Gasteiger partial charge in [0, 0.05) is 0 Å². The molecule has 0 aliphatic heterocycles. The number of aromatic nitrogens is 2. The zero-order valence-electron chi connectivity index (χ0n) is 7.99. The summed E-state index contributed by atoms with van der Waals surface area (Å²) in [7, 11) is 0. The number of nitrogens with zero attached hydrogens (tertiary/aromatic N) is 2. The van der Waals surface area contributed by atoms with Crippen LogP contribution in [-0.4, -0.2) is 37.9 Å². The summed E-state index contributed by atoms with van der Waals surface area (Å²) in [5.41, 5.74) is -2.88. The molecule has 0 amide bonds. The molecule has 88 valence electrons. The van der Waals surface area contributed by atoms with Crippen molar-refractivity contribution in [1.29, 1.82) is 0 Å². The van der Waals surface area contributed by atoms with E-state index in [1.807, 2.05) is 0 Å². The highest BCUT2D eigenvalue weighted by Crippen LogP contribution is 2.05. The van der Waals surface area contributed by atoms with Crippen LogP contribution in [0.15, 0.2) is 15.8 Å². The molecular formula is C7H9N3O6. The highest BCUT2D eigenvalue weighted by molar-refractivity contribution is 5.21. The number of aliphatic hydroxyl groups is 2. The molecule has 1 aromatic heterocycles. The van der Waals surface area contributed by atoms with Crippen molar-refractivity contribution in [3.8, 4) is 0 Å². The number of nitro groups is 1. The number of aliphatic hydroxyl groups excluding tert-OH is 2. The third-order valence-electron chi connectivity index (χ3n) is 1.96. The monoisotopic (exact) mass is 231 g/mol. The number of hydrogen-bond acceptors (Lipinski definition) is 6. The second-order valence-corrected chi connectivity index (χ2v) is 2.96. The summed E-state index contributed by atoms with van der Waals surface area (Å²) in [6.45, 7) is -1.17. The summed E-state index contributed by atoms with van der Waals surface area (Å²) in [5, 5.41) is 28.1. The third-order valence-corrected chi connectivity index (χ3v) is 1.96. The molecule has 0 aliphatic carbocycles. The van der Waals surface area contributed by atoms with Crippen LogP contribution in [0.1, 0.15) is 6.04 Å². The molecule has 3 N–H and O–H groups in total. The Bertz CT molecular complexity index is 500. The molecule has 1 aromatic rings. The van der Waals surface area contributed by atoms with Crippen molar-refractivity contribution in [1.82, 2.24) is 9.55 Å². The minimum Gasteiger partial charge on any atom is -0.394 e. The van der Waals surface area contributed by atoms with Crippen molar-refractivity contribution >= 4 is 5.69 Å². The topological polar surface area (TPSA) is 138 Å². The average molecular weight is 231 g/mol. The van der Waals surface area contributed by atoms with Crippen LogP contribution in [0.2, 0.25) is 0 Å². The van der Waals surface area contributed by atoms with Crippen molar-refractivity contribution in [3.05, 3.63) is 37.1 Å². The van der Waals surface area contributed by atoms with E-state index in [9.17, 15) is 19.7 Å². The van der Waals surface area contributed by atoms with Crippen LogP contribution in [0.4, 0.5) is 5.69 Å². The van der Waals surface area contributed by atoms with Crippen molar-refractivity contribution in [2.45, 2.75) is 6.04 Å². The molecular weight excluding hydrogens is 222 g/mol. The van der Waals surface area contributed by atoms with E-state index in [1.165, 1.54) is 0 Å². The lowest BCUT2D eigenvalue weighted by Gasteiger charge is -2.12. The lowest BCUT2D eigenvalue weighted by molar-refractivity contribution is -0.386. The van der Waals surface area contributed by atoms with Gasteiger partial charge in [0.25, 0.3) is 0 Å². The first-order valence-electron chi connectivity index (χ1n) is 4.22. The lowest BCUT2D eigenvalue weighted by atomic mass is 10.3. The van der Waals surface area contributed by atoms with Crippen LogP contribution in [0.5, 0.6) is 0 Å². The summed E-state index contributed by atoms with van der Waals surface area (Å²) >= 11 is 0. The molecule has 0 saturated heterocycles. The minimum absolute atomic E-state index is 0.584. The Hall–Kier alpha value is -2.00. The second kappa shape index (κ2) is 4.68. The number of hydrogen-bond donors (Lipinski definition) is 3. The average Bonchev–Trinajstić information content (AvgIpc) is 2.22. The van der Waals surface area contributed by atoms with Crippen LogP contribution in [0.3, 0.4) is 0 Å². The quantitative estimate of drug-likeness (QED) is 0.403. The maximum atomic E-state index is 11.2. The molecule has 0 aromatic carbocycles. The Morgan fingerprint density at radius 2 is 2.00 bits per heavy atom. The van der Waals surface area contributed by atoms with E-state index >= 15 is 0 Å². The molecule has 0 atom stereocenters. The van der Waals surface area contributed by atoms with E-state index < -0.39 is 41.1 Å². The standard InChI is InChI=1S/C7H9N3O6/c11-2-4(3-12)9-1-5(10(15)16)6(13)8-7(9)14/h1,4,11-12H,2-3H2,(H,8,13,14). The van der Waals surface area contributed by atoms with Gasteiger partial charge in [-0.1, -0.05) is 0 Å². The Balaban J connectivity index is 3.41. The van der Waals surface area contributed by atoms with Gasteiger partial charge in [-0.05, 0) is 0 Å². The second-order valence-electron chi connectivity index (χ2n) is 2.96. The number of H-pyrrole nitrogens is 1. The van der Waals surface area contributed by atoms with Crippen molar-refractivity contribution in [2.24, 2.45) is 0 Å². The van der Waals surface area contributed by atoms with Crippen molar-refractivity contribution < 1.29 is 15.1 Å². The van der Waals surface area contributed by atoms with E-state index in [-0.39, 0.29) is 0 Å². The van der Waals surface area contributed by atoms with E-state index in [0.717, 1.165) is 0 Å². The highest BCUT2D eigenvalue weighted by atomic mass is 16.6. The SMILES string of the molecule is O=c1[nH]c(=O)n(C(CO)CO)cc1[N+](=O)[O-]. The van der Waals surface area contributed by atoms with Crippen LogP contribution >= 0.6 is 0 Å². The van der Waals surface area contributed by atoms with Crippen molar-refractivity contribution in [3.63, 3.8) is 0 Å². The first-order chi connectivity index (χ1) is 7.51. The van der Waals surface area contributed by atoms with E-state index in [0.29, 0.717) is 10.8 Å². The predicted octanol–water partition coefficient (Wildman–Crippen LogP) is -2.03. The summed E-state index contributed by atoms with van der Waals surface area (Å²) in [6, 6.07) is -1.02. The van der Waals surface area contributed by atoms with E-state index in [1.54, 1.807) is 4.98 Å². The van der Waals surface area contributed by atoms with Crippen LogP contribution in [0.25, 0.3) is 0 Å². The van der Waals surface area contributed by atoms with Gasteiger partial charge in [0.2, 0.25) is 0 Å². The first kappa shape index (κ1) is 12.1. The molecule has 0 aliphatic rings. The van der Waals surface area contributed by atoms with E-state index in [4.69, 9.17) is 10.2 Å². The maximum absolute atomic E-state index is 11.2. The summed E-state index contributed by atoms with van der Waals surface area (Å²) < 4.78 is 0.708. The Morgan fingerprint density at radius 3 is 2.44 bits per heavy atom. The molecule has 0 saturated carbocycles. The smallest absolute Gasteiger partial charge is 0.350 e. The van der Waals surface area contributed by atoms with Gasteiger partial charge in [0.1, 0.15) is 0 Å². The molecule has 0 bridgehead atoms. The maximum Gasteiger partial charge on any atom is 0.350 e. The van der Waals surface area contributed by atoms with Gasteiger partial charge >= 0.3 is 16.9 Å². The van der Waals surface area contributed by atoms with Gasteiger partial charge in [-0.3, -0.25) is 24.5 Å². The third kappa shape index (κ3) is 2.15. The predicted molar refractivity (Wildman–Crippen MR) is 51.2 cm³/mol. The van der Waals surface area contributed by atoms with Gasteiger partial charge in [0.05, 0.1) is 30.4 Å². The number of aromatic amines is 1. The Kier molecular flexibility index (Phi) is 3.53. The molecule has 0 fully saturated rings.